The average molecular weight is 370 g/mol. The van der Waals surface area contributed by atoms with Gasteiger partial charge in [0.1, 0.15) is 4.90 Å². The van der Waals surface area contributed by atoms with Crippen LogP contribution in [0, 0.1) is 27.7 Å². The van der Waals surface area contributed by atoms with Gasteiger partial charge in [-0.15, -0.1) is 0 Å². The molecule has 0 saturated carbocycles. The molecule has 3 rings (SSSR count). The van der Waals surface area contributed by atoms with E-state index in [2.05, 4.69) is 46.2 Å². The van der Waals surface area contributed by atoms with Gasteiger partial charge in [-0.1, -0.05) is 6.07 Å². The van der Waals surface area contributed by atoms with Crippen LogP contribution in [0.1, 0.15) is 22.5 Å². The van der Waals surface area contributed by atoms with Crippen LogP contribution in [0.2, 0.25) is 0 Å². The molecule has 6 nitrogen and oxygen atoms in total. The standard InChI is InChI=1S/C19H22N4O2S/c1-12-5-6-18(11-13(12)2)20-16-7-9-17(10-8-16)23-26(24,25)19-14(3)21-22-15(19)4/h5-11,20,23H,1-4H3,(H,21,22). The zero-order valence-electron chi connectivity index (χ0n) is 15.2. The Hall–Kier alpha value is -2.80. The maximum atomic E-state index is 12.6. The number of sulfonamides is 1. The third-order valence-electron chi connectivity index (χ3n) is 4.26. The van der Waals surface area contributed by atoms with Crippen LogP contribution < -0.4 is 10.0 Å². The Morgan fingerprint density at radius 1 is 0.846 bits per heavy atom. The number of hydrogen-bond donors (Lipinski definition) is 3. The number of anilines is 3. The second kappa shape index (κ2) is 6.84. The largest absolute Gasteiger partial charge is 0.356 e. The fraction of sp³-hybridized carbons (Fsp3) is 0.211. The summed E-state index contributed by atoms with van der Waals surface area (Å²) in [7, 11) is -3.68. The first-order valence-corrected chi connectivity index (χ1v) is 9.73. The summed E-state index contributed by atoms with van der Waals surface area (Å²) in [5, 5.41) is 9.95. The van der Waals surface area contributed by atoms with Crippen molar-refractivity contribution in [2.75, 3.05) is 10.0 Å². The molecule has 0 aliphatic rings. The van der Waals surface area contributed by atoms with Crippen molar-refractivity contribution in [3.05, 3.63) is 65.0 Å². The van der Waals surface area contributed by atoms with Gasteiger partial charge in [0.2, 0.25) is 0 Å². The molecule has 26 heavy (non-hydrogen) atoms. The van der Waals surface area contributed by atoms with Crippen molar-refractivity contribution in [3.8, 4) is 0 Å². The molecule has 3 aromatic rings. The molecule has 1 aromatic heterocycles. The Morgan fingerprint density at radius 3 is 2.04 bits per heavy atom. The summed E-state index contributed by atoms with van der Waals surface area (Å²) in [6.45, 7) is 7.49. The maximum Gasteiger partial charge on any atom is 0.265 e. The predicted molar refractivity (Wildman–Crippen MR) is 105 cm³/mol. The number of aryl methyl sites for hydroxylation is 4. The second-order valence-corrected chi connectivity index (χ2v) is 7.99. The van der Waals surface area contributed by atoms with E-state index in [1.165, 1.54) is 11.1 Å². The monoisotopic (exact) mass is 370 g/mol. The topological polar surface area (TPSA) is 86.9 Å². The van der Waals surface area contributed by atoms with Gasteiger partial charge in [-0.25, -0.2) is 8.42 Å². The SMILES string of the molecule is Cc1ccc(Nc2ccc(NS(=O)(=O)c3c(C)n[nH]c3C)cc2)cc1C. The number of aromatic nitrogens is 2. The molecule has 0 atom stereocenters. The van der Waals surface area contributed by atoms with Crippen molar-refractivity contribution in [1.82, 2.24) is 10.2 Å². The molecule has 0 aliphatic heterocycles. The Morgan fingerprint density at radius 2 is 1.46 bits per heavy atom. The highest BCUT2D eigenvalue weighted by atomic mass is 32.2. The quantitative estimate of drug-likeness (QED) is 0.628. The first-order chi connectivity index (χ1) is 12.3. The molecule has 7 heteroatoms. The van der Waals surface area contributed by atoms with E-state index < -0.39 is 10.0 Å². The van der Waals surface area contributed by atoms with Gasteiger partial charge in [0.15, 0.2) is 0 Å². The number of nitrogens with one attached hydrogen (secondary N) is 3. The average Bonchev–Trinajstić information content (AvgIpc) is 2.92. The van der Waals surface area contributed by atoms with Crippen LogP contribution in [-0.2, 0) is 10.0 Å². The Labute approximate surface area is 153 Å². The lowest BCUT2D eigenvalue weighted by molar-refractivity contribution is 0.600. The number of benzene rings is 2. The molecule has 0 aliphatic carbocycles. The molecule has 0 bridgehead atoms. The van der Waals surface area contributed by atoms with Gasteiger partial charge in [-0.05, 0) is 75.2 Å². The van der Waals surface area contributed by atoms with Gasteiger partial charge in [0.05, 0.1) is 11.4 Å². The van der Waals surface area contributed by atoms with E-state index in [0.29, 0.717) is 17.1 Å². The molecule has 0 spiro atoms. The van der Waals surface area contributed by atoms with Crippen LogP contribution >= 0.6 is 0 Å². The Bertz CT molecular complexity index is 1020. The van der Waals surface area contributed by atoms with E-state index in [1.54, 1.807) is 26.0 Å². The highest BCUT2D eigenvalue weighted by Gasteiger charge is 2.22. The van der Waals surface area contributed by atoms with Crippen LogP contribution in [0.3, 0.4) is 0 Å². The van der Waals surface area contributed by atoms with Crippen LogP contribution in [0.5, 0.6) is 0 Å². The fourth-order valence-corrected chi connectivity index (χ4v) is 4.18. The lowest BCUT2D eigenvalue weighted by Crippen LogP contribution is -2.14. The van der Waals surface area contributed by atoms with Crippen LogP contribution in [0.25, 0.3) is 0 Å². The molecule has 3 N–H and O–H groups in total. The summed E-state index contributed by atoms with van der Waals surface area (Å²) in [5.74, 6) is 0. The molecule has 0 fully saturated rings. The molecule has 1 heterocycles. The minimum absolute atomic E-state index is 0.190. The summed E-state index contributed by atoms with van der Waals surface area (Å²) in [6, 6.07) is 13.3. The minimum atomic E-state index is -3.68. The zero-order valence-corrected chi connectivity index (χ0v) is 16.0. The van der Waals surface area contributed by atoms with Crippen molar-refractivity contribution in [2.24, 2.45) is 0 Å². The molecule has 0 amide bonds. The van der Waals surface area contributed by atoms with Gasteiger partial charge in [-0.2, -0.15) is 5.10 Å². The maximum absolute atomic E-state index is 12.6. The van der Waals surface area contributed by atoms with Gasteiger partial charge in [-0.3, -0.25) is 9.82 Å². The Balaban J connectivity index is 1.76. The van der Waals surface area contributed by atoms with E-state index in [1.807, 2.05) is 18.2 Å². The predicted octanol–water partition coefficient (Wildman–Crippen LogP) is 4.19. The van der Waals surface area contributed by atoms with Crippen molar-refractivity contribution in [1.29, 1.82) is 0 Å². The third kappa shape index (κ3) is 3.72. The molecule has 2 aromatic carbocycles. The summed E-state index contributed by atoms with van der Waals surface area (Å²) in [6.07, 6.45) is 0. The van der Waals surface area contributed by atoms with E-state index in [0.717, 1.165) is 11.4 Å². The van der Waals surface area contributed by atoms with E-state index in [9.17, 15) is 8.42 Å². The van der Waals surface area contributed by atoms with Crippen molar-refractivity contribution in [3.63, 3.8) is 0 Å². The summed E-state index contributed by atoms with van der Waals surface area (Å²) in [5.41, 5.74) is 5.79. The summed E-state index contributed by atoms with van der Waals surface area (Å²) >= 11 is 0. The normalized spacial score (nSPS) is 11.4. The first kappa shape index (κ1) is 18.0. The van der Waals surface area contributed by atoms with Crippen LogP contribution in [0.4, 0.5) is 17.1 Å². The molecule has 0 radical (unpaired) electrons. The number of aromatic amines is 1. The molecule has 0 unspecified atom stereocenters. The summed E-state index contributed by atoms with van der Waals surface area (Å²) < 4.78 is 27.7. The van der Waals surface area contributed by atoms with Crippen LogP contribution in [0.15, 0.2) is 47.4 Å². The number of rotatable bonds is 5. The van der Waals surface area contributed by atoms with Crippen molar-refractivity contribution in [2.45, 2.75) is 32.6 Å². The van der Waals surface area contributed by atoms with Gasteiger partial charge in [0, 0.05) is 17.1 Å². The highest BCUT2D eigenvalue weighted by Crippen LogP contribution is 2.24. The van der Waals surface area contributed by atoms with Crippen LogP contribution in [-0.4, -0.2) is 18.6 Å². The zero-order chi connectivity index (χ0) is 18.9. The van der Waals surface area contributed by atoms with Crippen molar-refractivity contribution >= 4 is 27.1 Å². The second-order valence-electron chi connectivity index (χ2n) is 6.37. The smallest absolute Gasteiger partial charge is 0.265 e. The van der Waals surface area contributed by atoms with Crippen molar-refractivity contribution < 1.29 is 8.42 Å². The lowest BCUT2D eigenvalue weighted by atomic mass is 10.1. The van der Waals surface area contributed by atoms with E-state index in [4.69, 9.17) is 0 Å². The van der Waals surface area contributed by atoms with Gasteiger partial charge < -0.3 is 5.32 Å². The molecular formula is C19H22N4O2S. The first-order valence-electron chi connectivity index (χ1n) is 8.25. The lowest BCUT2D eigenvalue weighted by Gasteiger charge is -2.11. The third-order valence-corrected chi connectivity index (χ3v) is 5.91. The highest BCUT2D eigenvalue weighted by molar-refractivity contribution is 7.92. The molecule has 0 saturated heterocycles. The number of nitrogens with zero attached hydrogens (tertiary/aromatic N) is 1. The number of hydrogen-bond acceptors (Lipinski definition) is 4. The summed E-state index contributed by atoms with van der Waals surface area (Å²) in [4.78, 5) is 0.190. The van der Waals surface area contributed by atoms with Gasteiger partial charge in [0.25, 0.3) is 10.0 Å². The fourth-order valence-electron chi connectivity index (χ4n) is 2.75. The molecule has 136 valence electrons. The van der Waals surface area contributed by atoms with E-state index >= 15 is 0 Å². The Kier molecular flexibility index (Phi) is 4.73. The number of H-pyrrole nitrogens is 1. The molecular weight excluding hydrogens is 348 g/mol. The van der Waals surface area contributed by atoms with Gasteiger partial charge >= 0.3 is 0 Å². The van der Waals surface area contributed by atoms with E-state index in [-0.39, 0.29) is 4.90 Å². The minimum Gasteiger partial charge on any atom is -0.356 e.